The number of ether oxygens (including phenoxy) is 1. The fourth-order valence-electron chi connectivity index (χ4n) is 1.93. The Morgan fingerprint density at radius 1 is 1.50 bits per heavy atom. The molecule has 2 N–H and O–H groups in total. The number of nitrogens with zero attached hydrogens (tertiary/aromatic N) is 2. The van der Waals surface area contributed by atoms with Crippen molar-refractivity contribution in [3.05, 3.63) is 24.2 Å². The summed E-state index contributed by atoms with van der Waals surface area (Å²) in [6, 6.07) is 4.24. The van der Waals surface area contributed by atoms with E-state index in [0.717, 1.165) is 11.7 Å². The van der Waals surface area contributed by atoms with Crippen LogP contribution in [-0.4, -0.2) is 58.3 Å². The van der Waals surface area contributed by atoms with Crippen LogP contribution < -0.4 is 10.6 Å². The van der Waals surface area contributed by atoms with E-state index in [1.165, 1.54) is 0 Å². The van der Waals surface area contributed by atoms with Crippen molar-refractivity contribution < 1.29 is 9.15 Å². The van der Waals surface area contributed by atoms with Crippen LogP contribution >= 0.6 is 0 Å². The van der Waals surface area contributed by atoms with Crippen LogP contribution in [0.5, 0.6) is 0 Å². The van der Waals surface area contributed by atoms with E-state index >= 15 is 0 Å². The summed E-state index contributed by atoms with van der Waals surface area (Å²) in [6.07, 6.45) is 1.69. The number of furan rings is 1. The zero-order valence-electron chi connectivity index (χ0n) is 13.0. The lowest BCUT2D eigenvalue weighted by Gasteiger charge is -2.24. The van der Waals surface area contributed by atoms with Crippen LogP contribution in [0.25, 0.3) is 0 Å². The number of rotatable bonds is 7. The van der Waals surface area contributed by atoms with Crippen LogP contribution in [-0.2, 0) is 4.74 Å². The van der Waals surface area contributed by atoms with E-state index in [4.69, 9.17) is 9.15 Å². The van der Waals surface area contributed by atoms with Gasteiger partial charge in [0.2, 0.25) is 0 Å². The molecule has 114 valence electrons. The van der Waals surface area contributed by atoms with Gasteiger partial charge in [-0.15, -0.1) is 0 Å². The molecule has 2 atom stereocenters. The van der Waals surface area contributed by atoms with E-state index in [9.17, 15) is 0 Å². The Balaban J connectivity index is 2.53. The van der Waals surface area contributed by atoms with Gasteiger partial charge in [0.05, 0.1) is 18.9 Å². The number of methoxy groups -OCH3 is 1. The third kappa shape index (κ3) is 5.22. The molecule has 1 aromatic heterocycles. The molecule has 0 fully saturated rings. The zero-order chi connectivity index (χ0) is 15.0. The number of hydrogen-bond donors (Lipinski definition) is 2. The lowest BCUT2D eigenvalue weighted by atomic mass is 10.2. The maximum atomic E-state index is 5.48. The fourth-order valence-corrected chi connectivity index (χ4v) is 1.93. The summed E-state index contributed by atoms with van der Waals surface area (Å²) in [7, 11) is 7.50. The van der Waals surface area contributed by atoms with Gasteiger partial charge in [-0.2, -0.15) is 0 Å². The van der Waals surface area contributed by atoms with Crippen LogP contribution in [0.15, 0.2) is 27.8 Å². The number of guanidine groups is 1. The molecule has 20 heavy (non-hydrogen) atoms. The van der Waals surface area contributed by atoms with Gasteiger partial charge in [0.15, 0.2) is 5.96 Å². The minimum atomic E-state index is 0.154. The summed E-state index contributed by atoms with van der Waals surface area (Å²) in [5.41, 5.74) is 0. The van der Waals surface area contributed by atoms with Gasteiger partial charge in [0.1, 0.15) is 5.76 Å². The van der Waals surface area contributed by atoms with Crippen molar-refractivity contribution in [2.24, 2.45) is 4.99 Å². The summed E-state index contributed by atoms with van der Waals surface area (Å²) in [5.74, 6) is 1.69. The Morgan fingerprint density at radius 3 is 2.75 bits per heavy atom. The first-order valence-electron chi connectivity index (χ1n) is 6.74. The Hall–Kier alpha value is -1.53. The molecule has 1 rings (SSSR count). The van der Waals surface area contributed by atoms with Gasteiger partial charge >= 0.3 is 0 Å². The van der Waals surface area contributed by atoms with Gasteiger partial charge in [0.25, 0.3) is 0 Å². The normalized spacial score (nSPS) is 15.2. The second kappa shape index (κ2) is 8.60. The highest BCUT2D eigenvalue weighted by molar-refractivity contribution is 5.79. The molecule has 0 amide bonds. The maximum absolute atomic E-state index is 5.48. The van der Waals surface area contributed by atoms with Crippen molar-refractivity contribution in [3.63, 3.8) is 0 Å². The molecule has 2 unspecified atom stereocenters. The molecule has 0 spiro atoms. The maximum Gasteiger partial charge on any atom is 0.191 e. The SMILES string of the molecule is CN=C(NCC(c1ccco1)N(C)C)NC(C)COC. The van der Waals surface area contributed by atoms with Gasteiger partial charge in [-0.3, -0.25) is 9.89 Å². The predicted molar refractivity (Wildman–Crippen MR) is 81.0 cm³/mol. The van der Waals surface area contributed by atoms with Gasteiger partial charge < -0.3 is 19.8 Å². The standard InChI is InChI=1S/C14H26N4O2/c1-11(10-19-5)17-14(15-2)16-9-12(18(3)4)13-7-6-8-20-13/h6-8,11-12H,9-10H2,1-5H3,(H2,15,16,17). The molecule has 6 nitrogen and oxygen atoms in total. The summed E-state index contributed by atoms with van der Waals surface area (Å²) in [6.45, 7) is 3.39. The molecule has 1 heterocycles. The summed E-state index contributed by atoms with van der Waals surface area (Å²) >= 11 is 0. The van der Waals surface area contributed by atoms with Crippen molar-refractivity contribution in [3.8, 4) is 0 Å². The summed E-state index contributed by atoms with van der Waals surface area (Å²) in [4.78, 5) is 6.32. The average Bonchev–Trinajstić information content (AvgIpc) is 2.91. The van der Waals surface area contributed by atoms with Crippen LogP contribution in [0.3, 0.4) is 0 Å². The van der Waals surface area contributed by atoms with Gasteiger partial charge in [-0.05, 0) is 33.2 Å². The molecule has 0 aliphatic rings. The summed E-state index contributed by atoms with van der Waals surface area (Å²) < 4.78 is 10.6. The largest absolute Gasteiger partial charge is 0.468 e. The first-order valence-corrected chi connectivity index (χ1v) is 6.74. The van der Waals surface area contributed by atoms with Crippen LogP contribution in [0.1, 0.15) is 18.7 Å². The van der Waals surface area contributed by atoms with Crippen molar-refractivity contribution in [1.29, 1.82) is 0 Å². The molecule has 0 bridgehead atoms. The third-order valence-electron chi connectivity index (χ3n) is 2.98. The molecular formula is C14H26N4O2. The highest BCUT2D eigenvalue weighted by Crippen LogP contribution is 2.17. The highest BCUT2D eigenvalue weighted by atomic mass is 16.5. The topological polar surface area (TPSA) is 62.0 Å². The van der Waals surface area contributed by atoms with Crippen LogP contribution in [0, 0.1) is 0 Å². The van der Waals surface area contributed by atoms with E-state index in [1.54, 1.807) is 20.4 Å². The van der Waals surface area contributed by atoms with Crippen molar-refractivity contribution >= 4 is 5.96 Å². The second-order valence-corrected chi connectivity index (χ2v) is 4.95. The zero-order valence-corrected chi connectivity index (χ0v) is 13.0. The quantitative estimate of drug-likeness (QED) is 0.579. The number of likely N-dealkylation sites (N-methyl/N-ethyl adjacent to an activating group) is 1. The molecule has 0 radical (unpaired) electrons. The molecule has 0 saturated carbocycles. The first-order chi connectivity index (χ1) is 9.58. The Morgan fingerprint density at radius 2 is 2.25 bits per heavy atom. The molecule has 0 aliphatic heterocycles. The highest BCUT2D eigenvalue weighted by Gasteiger charge is 2.17. The molecule has 1 aromatic rings. The van der Waals surface area contributed by atoms with E-state index in [1.807, 2.05) is 33.2 Å². The van der Waals surface area contributed by atoms with Crippen LogP contribution in [0.2, 0.25) is 0 Å². The Labute approximate surface area is 121 Å². The minimum absolute atomic E-state index is 0.154. The minimum Gasteiger partial charge on any atom is -0.468 e. The van der Waals surface area contributed by atoms with Gasteiger partial charge in [-0.1, -0.05) is 0 Å². The van der Waals surface area contributed by atoms with Gasteiger partial charge in [0, 0.05) is 26.7 Å². The molecule has 0 aromatic carbocycles. The molecular weight excluding hydrogens is 256 g/mol. The Bertz CT molecular complexity index is 390. The fraction of sp³-hybridized carbons (Fsp3) is 0.643. The van der Waals surface area contributed by atoms with Crippen molar-refractivity contribution in [1.82, 2.24) is 15.5 Å². The van der Waals surface area contributed by atoms with E-state index in [0.29, 0.717) is 13.2 Å². The smallest absolute Gasteiger partial charge is 0.191 e. The van der Waals surface area contributed by atoms with Gasteiger partial charge in [-0.25, -0.2) is 0 Å². The third-order valence-corrected chi connectivity index (χ3v) is 2.98. The molecule has 0 saturated heterocycles. The number of nitrogens with one attached hydrogen (secondary N) is 2. The average molecular weight is 282 g/mol. The predicted octanol–water partition coefficient (Wildman–Crippen LogP) is 1.08. The Kier molecular flexibility index (Phi) is 7.11. The second-order valence-electron chi connectivity index (χ2n) is 4.95. The monoisotopic (exact) mass is 282 g/mol. The van der Waals surface area contributed by atoms with E-state index in [2.05, 4.69) is 20.5 Å². The number of hydrogen-bond acceptors (Lipinski definition) is 4. The first kappa shape index (κ1) is 16.5. The number of aliphatic imine (C=N–C) groups is 1. The lowest BCUT2D eigenvalue weighted by Crippen LogP contribution is -2.46. The van der Waals surface area contributed by atoms with Crippen molar-refractivity contribution in [2.45, 2.75) is 19.0 Å². The van der Waals surface area contributed by atoms with E-state index < -0.39 is 0 Å². The molecule has 0 aliphatic carbocycles. The summed E-state index contributed by atoms with van der Waals surface area (Å²) in [5, 5.41) is 6.58. The lowest BCUT2D eigenvalue weighted by molar-refractivity contribution is 0.178. The van der Waals surface area contributed by atoms with Crippen LogP contribution in [0.4, 0.5) is 0 Å². The van der Waals surface area contributed by atoms with E-state index in [-0.39, 0.29) is 12.1 Å². The molecule has 6 heteroatoms. The van der Waals surface area contributed by atoms with Crippen molar-refractivity contribution in [2.75, 3.05) is 41.4 Å².